The van der Waals surface area contributed by atoms with Crippen LogP contribution in [0.4, 0.5) is 0 Å². The fraction of sp³-hybridized carbons (Fsp3) is 0.500. The van der Waals surface area contributed by atoms with Crippen molar-refractivity contribution < 1.29 is 18.8 Å². The van der Waals surface area contributed by atoms with Gasteiger partial charge in [0.2, 0.25) is 0 Å². The molecule has 1 saturated heterocycles. The maximum atomic E-state index is 10.7. The highest BCUT2D eigenvalue weighted by molar-refractivity contribution is 6.52. The molecule has 0 aromatic carbocycles. The monoisotopic (exact) mass is 305 g/mol. The van der Waals surface area contributed by atoms with Gasteiger partial charge >= 0.3 is 7.12 Å². The van der Waals surface area contributed by atoms with E-state index in [0.29, 0.717) is 11.3 Å². The van der Waals surface area contributed by atoms with E-state index in [0.717, 1.165) is 6.29 Å². The summed E-state index contributed by atoms with van der Waals surface area (Å²) in [7, 11) is 2.85. The van der Waals surface area contributed by atoms with Crippen molar-refractivity contribution in [1.82, 2.24) is 4.98 Å². The molecule has 22 heavy (non-hydrogen) atoms. The molecule has 0 spiro atoms. The van der Waals surface area contributed by atoms with Crippen molar-refractivity contribution in [2.45, 2.75) is 38.9 Å². The van der Waals surface area contributed by atoms with Crippen LogP contribution in [0, 0.1) is 0 Å². The molecule has 0 amide bonds. The summed E-state index contributed by atoms with van der Waals surface area (Å²) < 4.78 is 15.9. The van der Waals surface area contributed by atoms with Crippen LogP contribution in [0.5, 0.6) is 0 Å². The van der Waals surface area contributed by atoms with Crippen molar-refractivity contribution in [3.8, 4) is 0 Å². The first-order chi connectivity index (χ1) is 10.3. The Morgan fingerprint density at radius 3 is 2.23 bits per heavy atom. The van der Waals surface area contributed by atoms with Crippen LogP contribution in [-0.4, -0.2) is 43.8 Å². The van der Waals surface area contributed by atoms with E-state index in [4.69, 9.17) is 9.31 Å². The second-order valence-corrected chi connectivity index (χ2v) is 6.02. The number of carbonyl (C=O) groups excluding carboxylic acids is 1. The summed E-state index contributed by atoms with van der Waals surface area (Å²) in [6.45, 7) is 8.02. The minimum atomic E-state index is -0.397. The second-order valence-electron chi connectivity index (χ2n) is 6.02. The van der Waals surface area contributed by atoms with Gasteiger partial charge in [0.25, 0.3) is 0 Å². The second kappa shape index (κ2) is 7.67. The summed E-state index contributed by atoms with van der Waals surface area (Å²) in [4.78, 5) is 14.9. The average molecular weight is 305 g/mol. The molecule has 0 radical (unpaired) electrons. The highest BCUT2D eigenvalue weighted by Gasteiger charge is 2.49. The Morgan fingerprint density at radius 1 is 1.18 bits per heavy atom. The number of aldehydes is 1. The maximum Gasteiger partial charge on any atom is 0.487 e. The van der Waals surface area contributed by atoms with E-state index in [1.54, 1.807) is 38.6 Å². The molecule has 0 saturated carbocycles. The van der Waals surface area contributed by atoms with Gasteiger partial charge in [0.15, 0.2) is 0 Å². The predicted octanol–water partition coefficient (Wildman–Crippen LogP) is 2.80. The molecule has 0 unspecified atom stereocenters. The van der Waals surface area contributed by atoms with Gasteiger partial charge in [-0.05, 0) is 45.9 Å². The topological polar surface area (TPSA) is 57.7 Å². The van der Waals surface area contributed by atoms with Crippen molar-refractivity contribution >= 4 is 19.5 Å². The highest BCUT2D eigenvalue weighted by Crippen LogP contribution is 2.36. The lowest BCUT2D eigenvalue weighted by atomic mass is 9.89. The smallest absolute Gasteiger partial charge is 0.400 e. The van der Waals surface area contributed by atoms with Gasteiger partial charge in [-0.1, -0.05) is 5.98 Å². The van der Waals surface area contributed by atoms with Crippen LogP contribution >= 0.6 is 0 Å². The van der Waals surface area contributed by atoms with E-state index in [1.165, 1.54) is 0 Å². The van der Waals surface area contributed by atoms with Crippen molar-refractivity contribution in [1.29, 1.82) is 0 Å². The molecule has 0 bridgehead atoms. The molecule has 0 N–H and O–H groups in total. The normalized spacial score (nSPS) is 18.9. The Kier molecular flexibility index (Phi) is 6.47. The maximum absolute atomic E-state index is 10.7. The third-order valence-electron chi connectivity index (χ3n) is 3.64. The quantitative estimate of drug-likeness (QED) is 0.635. The summed E-state index contributed by atoms with van der Waals surface area (Å²) in [6.07, 6.45) is 4.20. The Labute approximate surface area is 132 Å². The molecule has 6 heteroatoms. The molecule has 1 aromatic heterocycles. The van der Waals surface area contributed by atoms with E-state index >= 15 is 0 Å². The van der Waals surface area contributed by atoms with Gasteiger partial charge in [0.1, 0.15) is 6.29 Å². The van der Waals surface area contributed by atoms with Crippen molar-refractivity contribution in [2.24, 2.45) is 0 Å². The molecular formula is C16H24BNO4. The van der Waals surface area contributed by atoms with Crippen LogP contribution < -0.4 is 0 Å². The first-order valence-electron chi connectivity index (χ1n) is 7.11. The number of aromatic nitrogens is 1. The molecule has 2 rings (SSSR count). The van der Waals surface area contributed by atoms with Gasteiger partial charge in [-0.3, -0.25) is 9.78 Å². The molecule has 1 aromatic rings. The van der Waals surface area contributed by atoms with Crippen molar-refractivity contribution in [3.05, 3.63) is 35.6 Å². The molecule has 0 atom stereocenters. The molecule has 1 aliphatic rings. The number of hydrogen-bond donors (Lipinski definition) is 0. The van der Waals surface area contributed by atoms with Gasteiger partial charge in [-0.25, -0.2) is 0 Å². The lowest BCUT2D eigenvalue weighted by Gasteiger charge is -2.32. The van der Waals surface area contributed by atoms with Crippen molar-refractivity contribution in [2.75, 3.05) is 14.2 Å². The summed E-state index contributed by atoms with van der Waals surface area (Å²) in [5.74, 6) is 1.81. The molecule has 0 aliphatic carbocycles. The SMILES string of the molecule is CC1(C)OB(/C=C/c2cc(C=O)ccn2)OC1(C)C.COC. The fourth-order valence-corrected chi connectivity index (χ4v) is 1.77. The summed E-state index contributed by atoms with van der Waals surface area (Å²) in [6, 6.07) is 3.38. The lowest BCUT2D eigenvalue weighted by Crippen LogP contribution is -2.41. The van der Waals surface area contributed by atoms with E-state index < -0.39 is 7.12 Å². The van der Waals surface area contributed by atoms with E-state index in [1.807, 2.05) is 33.7 Å². The van der Waals surface area contributed by atoms with Crippen molar-refractivity contribution in [3.63, 3.8) is 0 Å². The Balaban J connectivity index is 0.000000745. The molecule has 1 fully saturated rings. The number of rotatable bonds is 3. The van der Waals surface area contributed by atoms with E-state index in [2.05, 4.69) is 9.72 Å². The highest BCUT2D eigenvalue weighted by atomic mass is 16.7. The summed E-state index contributed by atoms with van der Waals surface area (Å²) in [5, 5.41) is 0. The minimum Gasteiger partial charge on any atom is -0.400 e. The number of hydrogen-bond acceptors (Lipinski definition) is 5. The minimum absolute atomic E-state index is 0.347. The summed E-state index contributed by atoms with van der Waals surface area (Å²) in [5.41, 5.74) is 0.614. The zero-order chi connectivity index (χ0) is 16.8. The first-order valence-corrected chi connectivity index (χ1v) is 7.11. The van der Waals surface area contributed by atoms with Gasteiger partial charge in [0.05, 0.1) is 16.9 Å². The van der Waals surface area contributed by atoms with E-state index in [9.17, 15) is 4.79 Å². The molecular weight excluding hydrogens is 281 g/mol. The lowest BCUT2D eigenvalue weighted by molar-refractivity contribution is 0.00578. The predicted molar refractivity (Wildman–Crippen MR) is 87.7 cm³/mol. The number of nitrogens with zero attached hydrogens (tertiary/aromatic N) is 1. The summed E-state index contributed by atoms with van der Waals surface area (Å²) >= 11 is 0. The van der Waals surface area contributed by atoms with Crippen LogP contribution in [-0.2, 0) is 14.0 Å². The third kappa shape index (κ3) is 4.76. The molecule has 1 aliphatic heterocycles. The van der Waals surface area contributed by atoms with Crippen LogP contribution in [0.2, 0.25) is 0 Å². The zero-order valence-corrected chi connectivity index (χ0v) is 14.1. The van der Waals surface area contributed by atoms with Gasteiger partial charge in [0, 0.05) is 26.0 Å². The number of carbonyl (C=O) groups is 1. The van der Waals surface area contributed by atoms with Crippen LogP contribution in [0.15, 0.2) is 24.3 Å². The largest absolute Gasteiger partial charge is 0.487 e. The number of ether oxygens (including phenoxy) is 1. The Hall–Kier alpha value is -1.50. The molecule has 2 heterocycles. The average Bonchev–Trinajstić information content (AvgIpc) is 2.66. The van der Waals surface area contributed by atoms with Gasteiger partial charge in [-0.15, -0.1) is 0 Å². The first kappa shape index (κ1) is 18.6. The van der Waals surface area contributed by atoms with Crippen LogP contribution in [0.3, 0.4) is 0 Å². The Morgan fingerprint density at radius 2 is 1.73 bits per heavy atom. The Bertz CT molecular complexity index is 513. The molecule has 120 valence electrons. The number of pyridine rings is 1. The van der Waals surface area contributed by atoms with Crippen LogP contribution in [0.25, 0.3) is 6.08 Å². The fourth-order valence-electron chi connectivity index (χ4n) is 1.77. The zero-order valence-electron chi connectivity index (χ0n) is 14.1. The third-order valence-corrected chi connectivity index (χ3v) is 3.64. The molecule has 5 nitrogen and oxygen atoms in total. The van der Waals surface area contributed by atoms with Gasteiger partial charge in [-0.2, -0.15) is 0 Å². The van der Waals surface area contributed by atoms with E-state index in [-0.39, 0.29) is 11.2 Å². The van der Waals surface area contributed by atoms with Crippen LogP contribution in [0.1, 0.15) is 43.7 Å². The standard InChI is InChI=1S/C14H18BNO3.C2H6O/c1-13(2)14(3,4)19-15(18-13)7-5-12-9-11(10-17)6-8-16-12;1-3-2/h5-10H,1-4H3;1-2H3/b7-5+;. The number of methoxy groups -OCH3 is 1. The van der Waals surface area contributed by atoms with Gasteiger partial charge < -0.3 is 14.0 Å².